The molecule has 140 valence electrons. The van der Waals surface area contributed by atoms with E-state index < -0.39 is 5.69 Å². The second kappa shape index (κ2) is 7.61. The van der Waals surface area contributed by atoms with Gasteiger partial charge in [0.25, 0.3) is 5.56 Å². The zero-order valence-corrected chi connectivity index (χ0v) is 15.8. The van der Waals surface area contributed by atoms with Crippen molar-refractivity contribution in [3.63, 3.8) is 0 Å². The molecule has 0 spiro atoms. The summed E-state index contributed by atoms with van der Waals surface area (Å²) in [5.41, 5.74) is 2.35. The highest BCUT2D eigenvalue weighted by Gasteiger charge is 2.15. The molecule has 0 saturated carbocycles. The molecule has 0 atom stereocenters. The van der Waals surface area contributed by atoms with Crippen LogP contribution in [0.1, 0.15) is 24.5 Å². The number of rotatable bonds is 5. The number of hydrogen-bond donors (Lipinski definition) is 1. The van der Waals surface area contributed by atoms with Crippen LogP contribution in [0.2, 0.25) is 0 Å². The van der Waals surface area contributed by atoms with Crippen LogP contribution in [-0.4, -0.2) is 15.0 Å². The molecule has 1 aromatic heterocycles. The average Bonchev–Trinajstić information content (AvgIpc) is 2.65. The molecule has 3 rings (SSSR count). The smallest absolute Gasteiger partial charge is 0.324 e. The van der Waals surface area contributed by atoms with Gasteiger partial charge in [-0.15, -0.1) is 0 Å². The first-order chi connectivity index (χ1) is 12.9. The number of carbonyl (C=O) groups is 1. The summed E-state index contributed by atoms with van der Waals surface area (Å²) in [7, 11) is 0. The van der Waals surface area contributed by atoms with Crippen LogP contribution in [0, 0.1) is 13.8 Å². The molecule has 1 heterocycles. The Morgan fingerprint density at radius 3 is 2.30 bits per heavy atom. The summed E-state index contributed by atoms with van der Waals surface area (Å²) in [6.45, 7) is 5.91. The number of nitrogens with zero attached hydrogens (tertiary/aromatic N) is 2. The predicted octanol–water partition coefficient (Wildman–Crippen LogP) is 2.83. The van der Waals surface area contributed by atoms with Crippen molar-refractivity contribution in [2.24, 2.45) is 0 Å². The van der Waals surface area contributed by atoms with Crippen molar-refractivity contribution in [1.29, 1.82) is 0 Å². The molecule has 0 aliphatic rings. The Bertz CT molecular complexity index is 1110. The van der Waals surface area contributed by atoms with Crippen LogP contribution in [0.15, 0.2) is 52.1 Å². The third-order valence-corrected chi connectivity index (χ3v) is 4.63. The molecule has 3 aromatic rings. The maximum absolute atomic E-state index is 12.9. The molecule has 0 fully saturated rings. The highest BCUT2D eigenvalue weighted by atomic mass is 16.2. The lowest BCUT2D eigenvalue weighted by atomic mass is 10.1. The van der Waals surface area contributed by atoms with E-state index in [9.17, 15) is 14.4 Å². The van der Waals surface area contributed by atoms with Gasteiger partial charge in [0.2, 0.25) is 5.91 Å². The van der Waals surface area contributed by atoms with E-state index in [1.807, 2.05) is 39.0 Å². The topological polar surface area (TPSA) is 73.1 Å². The largest absolute Gasteiger partial charge is 0.331 e. The first kappa shape index (κ1) is 18.6. The monoisotopic (exact) mass is 365 g/mol. The Hall–Kier alpha value is -3.15. The maximum atomic E-state index is 12.9. The van der Waals surface area contributed by atoms with Crippen LogP contribution in [0.3, 0.4) is 0 Å². The highest BCUT2D eigenvalue weighted by molar-refractivity contribution is 5.93. The van der Waals surface area contributed by atoms with Crippen LogP contribution in [0.4, 0.5) is 5.69 Å². The normalized spacial score (nSPS) is 10.9. The quantitative estimate of drug-likeness (QED) is 0.756. The fourth-order valence-electron chi connectivity index (χ4n) is 3.28. The SMILES string of the molecule is CCCn1c(=O)c2ccccc2n(CC(=O)Nc2c(C)cccc2C)c1=O. The number of hydrogen-bond acceptors (Lipinski definition) is 3. The molecule has 2 aromatic carbocycles. The molecule has 0 unspecified atom stereocenters. The average molecular weight is 365 g/mol. The van der Waals surface area contributed by atoms with Gasteiger partial charge in [-0.3, -0.25) is 18.7 Å². The van der Waals surface area contributed by atoms with Crippen molar-refractivity contribution >= 4 is 22.5 Å². The number of anilines is 1. The number of carbonyl (C=O) groups excluding carboxylic acids is 1. The first-order valence-corrected chi connectivity index (χ1v) is 9.02. The molecule has 0 saturated heterocycles. The minimum absolute atomic E-state index is 0.156. The zero-order chi connectivity index (χ0) is 19.6. The summed E-state index contributed by atoms with van der Waals surface area (Å²) < 4.78 is 2.57. The maximum Gasteiger partial charge on any atom is 0.331 e. The van der Waals surface area contributed by atoms with Crippen LogP contribution < -0.4 is 16.6 Å². The van der Waals surface area contributed by atoms with Crippen LogP contribution in [0.25, 0.3) is 10.9 Å². The number of para-hydroxylation sites is 2. The van der Waals surface area contributed by atoms with E-state index in [4.69, 9.17) is 0 Å². The molecule has 0 radical (unpaired) electrons. The molecule has 27 heavy (non-hydrogen) atoms. The van der Waals surface area contributed by atoms with Crippen LogP contribution >= 0.6 is 0 Å². The number of aryl methyl sites for hydroxylation is 2. The minimum atomic E-state index is -0.461. The second-order valence-electron chi connectivity index (χ2n) is 6.66. The number of benzene rings is 2. The first-order valence-electron chi connectivity index (χ1n) is 9.02. The molecular formula is C21H23N3O3. The van der Waals surface area contributed by atoms with Crippen molar-refractivity contribution in [1.82, 2.24) is 9.13 Å². The third kappa shape index (κ3) is 3.56. The number of nitrogens with one attached hydrogen (secondary N) is 1. The van der Waals surface area contributed by atoms with E-state index in [0.717, 1.165) is 16.8 Å². The molecule has 0 aliphatic carbocycles. The highest BCUT2D eigenvalue weighted by Crippen LogP contribution is 2.19. The van der Waals surface area contributed by atoms with Crippen molar-refractivity contribution in [2.45, 2.75) is 40.3 Å². The van der Waals surface area contributed by atoms with Gasteiger partial charge in [-0.25, -0.2) is 4.79 Å². The lowest BCUT2D eigenvalue weighted by Gasteiger charge is -2.15. The molecule has 6 heteroatoms. The Balaban J connectivity index is 2.05. The van der Waals surface area contributed by atoms with Gasteiger partial charge in [0.05, 0.1) is 10.9 Å². The lowest BCUT2D eigenvalue weighted by molar-refractivity contribution is -0.116. The molecular weight excluding hydrogens is 342 g/mol. The van der Waals surface area contributed by atoms with Crippen LogP contribution in [-0.2, 0) is 17.9 Å². The van der Waals surface area contributed by atoms with Gasteiger partial charge in [0.1, 0.15) is 6.54 Å². The second-order valence-corrected chi connectivity index (χ2v) is 6.66. The minimum Gasteiger partial charge on any atom is -0.324 e. The van der Waals surface area contributed by atoms with Gasteiger partial charge in [-0.1, -0.05) is 37.3 Å². The van der Waals surface area contributed by atoms with Gasteiger partial charge in [0.15, 0.2) is 0 Å². The Labute approximate surface area is 157 Å². The van der Waals surface area contributed by atoms with Crippen molar-refractivity contribution in [3.05, 3.63) is 74.4 Å². The molecule has 6 nitrogen and oxygen atoms in total. The molecule has 1 N–H and O–H groups in total. The number of aromatic nitrogens is 2. The molecule has 0 bridgehead atoms. The van der Waals surface area contributed by atoms with E-state index in [-0.39, 0.29) is 18.0 Å². The van der Waals surface area contributed by atoms with Gasteiger partial charge >= 0.3 is 5.69 Å². The molecule has 0 aliphatic heterocycles. The number of amides is 1. The fourth-order valence-corrected chi connectivity index (χ4v) is 3.28. The standard InChI is InChI=1S/C21H23N3O3/c1-4-12-23-20(26)16-10-5-6-11-17(16)24(21(23)27)13-18(25)22-19-14(2)8-7-9-15(19)3/h5-11H,4,12-13H2,1-3H3,(H,22,25). The van der Waals surface area contributed by atoms with E-state index in [2.05, 4.69) is 5.32 Å². The predicted molar refractivity (Wildman–Crippen MR) is 107 cm³/mol. The van der Waals surface area contributed by atoms with Crippen molar-refractivity contribution in [2.75, 3.05) is 5.32 Å². The van der Waals surface area contributed by atoms with E-state index >= 15 is 0 Å². The van der Waals surface area contributed by atoms with Crippen molar-refractivity contribution < 1.29 is 4.79 Å². The van der Waals surface area contributed by atoms with Crippen LogP contribution in [0.5, 0.6) is 0 Å². The lowest BCUT2D eigenvalue weighted by Crippen LogP contribution is -2.41. The Kier molecular flexibility index (Phi) is 5.26. The summed E-state index contributed by atoms with van der Waals surface area (Å²) in [6.07, 6.45) is 0.655. The van der Waals surface area contributed by atoms with Gasteiger partial charge in [-0.05, 0) is 43.5 Å². The summed E-state index contributed by atoms with van der Waals surface area (Å²) in [5.74, 6) is -0.304. The summed E-state index contributed by atoms with van der Waals surface area (Å²) in [4.78, 5) is 38.1. The fraction of sp³-hybridized carbons (Fsp3) is 0.286. The molecule has 1 amide bonds. The van der Waals surface area contributed by atoms with Gasteiger partial charge in [0, 0.05) is 12.2 Å². The van der Waals surface area contributed by atoms with E-state index in [1.165, 1.54) is 9.13 Å². The van der Waals surface area contributed by atoms with Gasteiger partial charge in [-0.2, -0.15) is 0 Å². The third-order valence-electron chi connectivity index (χ3n) is 4.63. The summed E-state index contributed by atoms with van der Waals surface area (Å²) in [5, 5.41) is 3.33. The summed E-state index contributed by atoms with van der Waals surface area (Å²) in [6, 6.07) is 12.7. The van der Waals surface area contributed by atoms with Crippen molar-refractivity contribution in [3.8, 4) is 0 Å². The summed E-state index contributed by atoms with van der Waals surface area (Å²) >= 11 is 0. The number of fused-ring (bicyclic) bond motifs is 1. The van der Waals surface area contributed by atoms with E-state index in [1.54, 1.807) is 24.3 Å². The van der Waals surface area contributed by atoms with E-state index in [0.29, 0.717) is 23.9 Å². The van der Waals surface area contributed by atoms with Gasteiger partial charge < -0.3 is 5.32 Å². The Morgan fingerprint density at radius 2 is 1.63 bits per heavy atom. The zero-order valence-electron chi connectivity index (χ0n) is 15.8. The Morgan fingerprint density at radius 1 is 0.963 bits per heavy atom.